The fourth-order valence-corrected chi connectivity index (χ4v) is 3.81. The normalized spacial score (nSPS) is 12.2. The second kappa shape index (κ2) is 7.40. The maximum atomic E-state index is 12.3. The van der Waals surface area contributed by atoms with Crippen LogP contribution in [0.25, 0.3) is 11.3 Å². The molecule has 0 saturated heterocycles. The Bertz CT molecular complexity index is 980. The van der Waals surface area contributed by atoms with Crippen molar-refractivity contribution in [2.45, 2.75) is 26.7 Å². The van der Waals surface area contributed by atoms with E-state index in [0.29, 0.717) is 18.0 Å². The van der Waals surface area contributed by atoms with Gasteiger partial charge in [0.1, 0.15) is 0 Å². The van der Waals surface area contributed by atoms with Gasteiger partial charge in [0.2, 0.25) is 12.7 Å². The van der Waals surface area contributed by atoms with Crippen molar-refractivity contribution < 1.29 is 14.3 Å². The van der Waals surface area contributed by atoms with Crippen molar-refractivity contribution in [1.29, 1.82) is 0 Å². The number of carbonyl (C=O) groups excluding carboxylic acids is 1. The van der Waals surface area contributed by atoms with Gasteiger partial charge in [0.25, 0.3) is 0 Å². The van der Waals surface area contributed by atoms with E-state index in [-0.39, 0.29) is 12.7 Å². The highest BCUT2D eigenvalue weighted by molar-refractivity contribution is 7.16. The average Bonchev–Trinajstić information content (AvgIpc) is 3.26. The molecule has 0 spiro atoms. The molecule has 0 radical (unpaired) electrons. The van der Waals surface area contributed by atoms with Gasteiger partial charge in [-0.05, 0) is 44.0 Å². The lowest BCUT2D eigenvalue weighted by molar-refractivity contribution is -0.116. The van der Waals surface area contributed by atoms with Crippen molar-refractivity contribution in [3.63, 3.8) is 0 Å². The number of benzene rings is 2. The minimum absolute atomic E-state index is 0.0263. The Hall–Kier alpha value is -2.86. The van der Waals surface area contributed by atoms with Crippen molar-refractivity contribution in [3.8, 4) is 22.8 Å². The van der Waals surface area contributed by atoms with E-state index in [0.717, 1.165) is 33.2 Å². The molecule has 0 unspecified atom stereocenters. The summed E-state index contributed by atoms with van der Waals surface area (Å²) >= 11 is 1.48. The first-order chi connectivity index (χ1) is 13.1. The van der Waals surface area contributed by atoms with Crippen LogP contribution < -0.4 is 14.8 Å². The summed E-state index contributed by atoms with van der Waals surface area (Å²) in [7, 11) is 0. The Morgan fingerprint density at radius 2 is 1.89 bits per heavy atom. The van der Waals surface area contributed by atoms with Crippen LogP contribution in [0, 0.1) is 13.8 Å². The third-order valence-corrected chi connectivity index (χ3v) is 5.34. The molecular formula is C21H20N2O3S. The molecule has 138 valence electrons. The summed E-state index contributed by atoms with van der Waals surface area (Å²) in [6.07, 6.45) is 1.15. The van der Waals surface area contributed by atoms with Crippen molar-refractivity contribution >= 4 is 22.4 Å². The van der Waals surface area contributed by atoms with Crippen molar-refractivity contribution in [3.05, 3.63) is 58.5 Å². The average molecular weight is 380 g/mol. The fraction of sp³-hybridized carbons (Fsp3) is 0.238. The lowest BCUT2D eigenvalue weighted by Crippen LogP contribution is -2.12. The number of nitrogens with zero attached hydrogens (tertiary/aromatic N) is 1. The van der Waals surface area contributed by atoms with E-state index in [4.69, 9.17) is 9.47 Å². The third-order valence-electron chi connectivity index (χ3n) is 4.45. The van der Waals surface area contributed by atoms with Crippen molar-refractivity contribution in [1.82, 2.24) is 4.98 Å². The third kappa shape index (κ3) is 3.95. The number of fused-ring (bicyclic) bond motifs is 1. The number of carbonyl (C=O) groups is 1. The summed E-state index contributed by atoms with van der Waals surface area (Å²) in [6.45, 7) is 4.30. The quantitative estimate of drug-likeness (QED) is 0.695. The number of rotatable bonds is 5. The number of anilines is 1. The van der Waals surface area contributed by atoms with E-state index in [2.05, 4.69) is 41.5 Å². The molecule has 1 aliphatic rings. The summed E-state index contributed by atoms with van der Waals surface area (Å²) in [5, 5.41) is 3.54. The van der Waals surface area contributed by atoms with E-state index < -0.39 is 0 Å². The summed E-state index contributed by atoms with van der Waals surface area (Å²) in [5.74, 6) is 1.45. The molecule has 2 aromatic carbocycles. The summed E-state index contributed by atoms with van der Waals surface area (Å²) in [6, 6.07) is 14.0. The highest BCUT2D eigenvalue weighted by Crippen LogP contribution is 2.38. The van der Waals surface area contributed by atoms with Crippen molar-refractivity contribution in [2.24, 2.45) is 0 Å². The molecule has 0 saturated carbocycles. The SMILES string of the molecule is Cc1ccc(CCC(=O)Nc2nc(-c3ccc4c(c3)OCO4)c(C)s2)cc1. The predicted molar refractivity (Wildman–Crippen MR) is 107 cm³/mol. The Labute approximate surface area is 162 Å². The van der Waals surface area contributed by atoms with Gasteiger partial charge in [0.05, 0.1) is 5.69 Å². The Morgan fingerprint density at radius 1 is 1.11 bits per heavy atom. The van der Waals surface area contributed by atoms with Crippen LogP contribution in [0.5, 0.6) is 11.5 Å². The van der Waals surface area contributed by atoms with Gasteiger partial charge in [-0.25, -0.2) is 4.98 Å². The molecule has 1 N–H and O–H groups in total. The molecule has 1 aromatic heterocycles. The summed E-state index contributed by atoms with van der Waals surface area (Å²) in [4.78, 5) is 17.9. The fourth-order valence-electron chi connectivity index (χ4n) is 2.96. The van der Waals surface area contributed by atoms with Crippen LogP contribution in [0.15, 0.2) is 42.5 Å². The molecule has 6 heteroatoms. The number of hydrogen-bond acceptors (Lipinski definition) is 5. The first-order valence-corrected chi connectivity index (χ1v) is 9.63. The summed E-state index contributed by atoms with van der Waals surface area (Å²) < 4.78 is 10.8. The van der Waals surface area contributed by atoms with Crippen LogP contribution >= 0.6 is 11.3 Å². The Morgan fingerprint density at radius 3 is 2.70 bits per heavy atom. The number of nitrogens with one attached hydrogen (secondary N) is 1. The van der Waals surface area contributed by atoms with Crippen LogP contribution in [-0.2, 0) is 11.2 Å². The van der Waals surface area contributed by atoms with Crippen LogP contribution in [0.3, 0.4) is 0 Å². The largest absolute Gasteiger partial charge is 0.454 e. The van der Waals surface area contributed by atoms with E-state index >= 15 is 0 Å². The van der Waals surface area contributed by atoms with Gasteiger partial charge in [-0.3, -0.25) is 4.79 Å². The lowest BCUT2D eigenvalue weighted by Gasteiger charge is -2.03. The number of aryl methyl sites for hydroxylation is 3. The molecule has 0 bridgehead atoms. The summed E-state index contributed by atoms with van der Waals surface area (Å²) in [5.41, 5.74) is 4.19. The van der Waals surface area contributed by atoms with Crippen LogP contribution in [-0.4, -0.2) is 17.7 Å². The molecule has 0 aliphatic carbocycles. The maximum Gasteiger partial charge on any atom is 0.231 e. The topological polar surface area (TPSA) is 60.5 Å². The highest BCUT2D eigenvalue weighted by Gasteiger charge is 2.17. The molecule has 0 atom stereocenters. The van der Waals surface area contributed by atoms with Gasteiger partial charge in [-0.1, -0.05) is 29.8 Å². The zero-order valence-electron chi connectivity index (χ0n) is 15.2. The molecule has 2 heterocycles. The Kier molecular flexibility index (Phi) is 4.81. The molecular weight excluding hydrogens is 360 g/mol. The number of aromatic nitrogens is 1. The van der Waals surface area contributed by atoms with Gasteiger partial charge in [0, 0.05) is 16.9 Å². The zero-order chi connectivity index (χ0) is 18.8. The van der Waals surface area contributed by atoms with E-state index in [1.165, 1.54) is 16.9 Å². The van der Waals surface area contributed by atoms with E-state index in [1.807, 2.05) is 25.1 Å². The first kappa shape index (κ1) is 17.5. The highest BCUT2D eigenvalue weighted by atomic mass is 32.1. The van der Waals surface area contributed by atoms with E-state index in [1.54, 1.807) is 0 Å². The number of thiazole rings is 1. The number of ether oxygens (including phenoxy) is 2. The smallest absolute Gasteiger partial charge is 0.231 e. The van der Waals surface area contributed by atoms with Crippen LogP contribution in [0.2, 0.25) is 0 Å². The molecule has 1 aliphatic heterocycles. The monoisotopic (exact) mass is 380 g/mol. The van der Waals surface area contributed by atoms with Crippen molar-refractivity contribution in [2.75, 3.05) is 12.1 Å². The maximum absolute atomic E-state index is 12.3. The number of amides is 1. The first-order valence-electron chi connectivity index (χ1n) is 8.81. The predicted octanol–water partition coefficient (Wildman–Crippen LogP) is 4.73. The van der Waals surface area contributed by atoms with Gasteiger partial charge in [-0.2, -0.15) is 0 Å². The van der Waals surface area contributed by atoms with Crippen LogP contribution in [0.4, 0.5) is 5.13 Å². The molecule has 1 amide bonds. The molecule has 0 fully saturated rings. The van der Waals surface area contributed by atoms with Gasteiger partial charge < -0.3 is 14.8 Å². The van der Waals surface area contributed by atoms with E-state index in [9.17, 15) is 4.79 Å². The Balaban J connectivity index is 1.42. The molecule has 27 heavy (non-hydrogen) atoms. The minimum Gasteiger partial charge on any atom is -0.454 e. The molecule has 3 aromatic rings. The molecule has 5 nitrogen and oxygen atoms in total. The minimum atomic E-state index is -0.0263. The van der Waals surface area contributed by atoms with Gasteiger partial charge in [-0.15, -0.1) is 11.3 Å². The van der Waals surface area contributed by atoms with Crippen LogP contribution in [0.1, 0.15) is 22.4 Å². The van der Waals surface area contributed by atoms with Gasteiger partial charge in [0.15, 0.2) is 16.6 Å². The zero-order valence-corrected chi connectivity index (χ0v) is 16.1. The lowest BCUT2D eigenvalue weighted by atomic mass is 10.1. The number of hydrogen-bond donors (Lipinski definition) is 1. The second-order valence-electron chi connectivity index (χ2n) is 6.53. The second-order valence-corrected chi connectivity index (χ2v) is 7.73. The van der Waals surface area contributed by atoms with Gasteiger partial charge >= 0.3 is 0 Å². The molecule has 4 rings (SSSR count). The standard InChI is InChI=1S/C21H20N2O3S/c1-13-3-5-15(6-4-13)7-10-19(24)22-21-23-20(14(2)27-21)16-8-9-17-18(11-16)26-12-25-17/h3-6,8-9,11H,7,10,12H2,1-2H3,(H,22,23,24).